The summed E-state index contributed by atoms with van der Waals surface area (Å²) in [6.45, 7) is 10.6. The van der Waals surface area contributed by atoms with Crippen LogP contribution in [0.5, 0.6) is 5.75 Å². The maximum atomic E-state index is 12.7. The summed E-state index contributed by atoms with van der Waals surface area (Å²) in [6.07, 6.45) is 5.01. The molecule has 1 aliphatic heterocycles. The van der Waals surface area contributed by atoms with Crippen LogP contribution in [0, 0.1) is 20.8 Å². The van der Waals surface area contributed by atoms with Crippen LogP contribution in [-0.4, -0.2) is 42.6 Å². The molecule has 1 amide bonds. The van der Waals surface area contributed by atoms with Gasteiger partial charge in [-0.3, -0.25) is 4.79 Å². The molecule has 1 aromatic carbocycles. The summed E-state index contributed by atoms with van der Waals surface area (Å²) in [5, 5.41) is 2.74. The standard InChI is InChI=1S/C26H35NO5S/c1-15-16(2)23-19(10-12-26(4,5)32-23)17(3)20(15)14-18-8-9-22(31-18)24(28)27-21(11-13-33-7)25(29)30-6/h8-9,21H,10-14H2,1-7H3,(H,27,28). The molecule has 1 aliphatic rings. The van der Waals surface area contributed by atoms with E-state index in [4.69, 9.17) is 13.9 Å². The van der Waals surface area contributed by atoms with Crippen LogP contribution in [0.3, 0.4) is 0 Å². The van der Waals surface area contributed by atoms with E-state index in [9.17, 15) is 9.59 Å². The van der Waals surface area contributed by atoms with Crippen LogP contribution in [0.2, 0.25) is 0 Å². The molecule has 0 spiro atoms. The number of hydrogen-bond acceptors (Lipinski definition) is 6. The number of benzene rings is 1. The highest BCUT2D eigenvalue weighted by Gasteiger charge is 2.31. The third-order valence-electron chi connectivity index (χ3n) is 6.53. The molecule has 1 N–H and O–H groups in total. The van der Waals surface area contributed by atoms with Gasteiger partial charge in [-0.1, -0.05) is 0 Å². The molecule has 0 fully saturated rings. The second-order valence-electron chi connectivity index (χ2n) is 9.30. The van der Waals surface area contributed by atoms with Gasteiger partial charge in [0.25, 0.3) is 5.91 Å². The molecule has 3 rings (SSSR count). The SMILES string of the molecule is COC(=O)C(CCSC)NC(=O)c1ccc(Cc2c(C)c(C)c3c(c2C)CCC(C)(C)O3)o1. The zero-order valence-corrected chi connectivity index (χ0v) is 21.5. The van der Waals surface area contributed by atoms with Gasteiger partial charge in [0.1, 0.15) is 23.2 Å². The normalized spacial score (nSPS) is 15.4. The summed E-state index contributed by atoms with van der Waals surface area (Å²) >= 11 is 1.61. The van der Waals surface area contributed by atoms with Crippen molar-refractivity contribution in [2.24, 2.45) is 0 Å². The molecule has 0 aliphatic carbocycles. The van der Waals surface area contributed by atoms with Crippen molar-refractivity contribution in [3.05, 3.63) is 51.5 Å². The molecule has 2 heterocycles. The van der Waals surface area contributed by atoms with Crippen LogP contribution in [0.1, 0.15) is 70.8 Å². The fraction of sp³-hybridized carbons (Fsp3) is 0.538. The van der Waals surface area contributed by atoms with E-state index in [0.29, 0.717) is 18.6 Å². The molecule has 6 nitrogen and oxygen atoms in total. The van der Waals surface area contributed by atoms with Gasteiger partial charge in [0, 0.05) is 6.42 Å². The Balaban J connectivity index is 1.80. The quantitative estimate of drug-likeness (QED) is 0.548. The summed E-state index contributed by atoms with van der Waals surface area (Å²) in [5.41, 5.74) is 5.91. The van der Waals surface area contributed by atoms with Crippen LogP contribution in [-0.2, 0) is 22.4 Å². The van der Waals surface area contributed by atoms with Crippen molar-refractivity contribution in [2.75, 3.05) is 19.1 Å². The summed E-state index contributed by atoms with van der Waals surface area (Å²) in [6, 6.07) is 2.80. The van der Waals surface area contributed by atoms with Gasteiger partial charge < -0.3 is 19.2 Å². The number of amides is 1. The molecule has 33 heavy (non-hydrogen) atoms. The first kappa shape index (κ1) is 25.2. The van der Waals surface area contributed by atoms with E-state index in [2.05, 4.69) is 39.9 Å². The molecule has 0 radical (unpaired) electrons. The number of nitrogens with one attached hydrogen (secondary N) is 1. The molecule has 7 heteroatoms. The Kier molecular flexibility index (Phi) is 7.83. The average molecular weight is 474 g/mol. The van der Waals surface area contributed by atoms with E-state index in [1.807, 2.05) is 12.3 Å². The minimum Gasteiger partial charge on any atom is -0.487 e. The summed E-state index contributed by atoms with van der Waals surface area (Å²) in [7, 11) is 1.32. The molecule has 0 bridgehead atoms. The van der Waals surface area contributed by atoms with E-state index in [0.717, 1.165) is 29.9 Å². The largest absolute Gasteiger partial charge is 0.487 e. The van der Waals surface area contributed by atoms with Gasteiger partial charge in [-0.15, -0.1) is 0 Å². The Hall–Kier alpha value is -2.41. The number of esters is 1. The number of hydrogen-bond donors (Lipinski definition) is 1. The lowest BCUT2D eigenvalue weighted by atomic mass is 9.84. The van der Waals surface area contributed by atoms with Crippen LogP contribution in [0.4, 0.5) is 0 Å². The van der Waals surface area contributed by atoms with Crippen molar-refractivity contribution in [1.29, 1.82) is 0 Å². The van der Waals surface area contributed by atoms with Crippen molar-refractivity contribution in [3.63, 3.8) is 0 Å². The molecular weight excluding hydrogens is 438 g/mol. The first-order chi connectivity index (χ1) is 15.6. The number of ether oxygens (including phenoxy) is 2. The number of carbonyl (C=O) groups excluding carboxylic acids is 2. The zero-order chi connectivity index (χ0) is 24.3. The first-order valence-corrected chi connectivity index (χ1v) is 12.7. The number of furan rings is 1. The van der Waals surface area contributed by atoms with E-state index in [-0.39, 0.29) is 11.4 Å². The van der Waals surface area contributed by atoms with Gasteiger partial charge in [-0.2, -0.15) is 11.8 Å². The average Bonchev–Trinajstić information content (AvgIpc) is 3.25. The molecule has 1 aromatic heterocycles. The van der Waals surface area contributed by atoms with Gasteiger partial charge in [0.2, 0.25) is 0 Å². The number of carbonyl (C=O) groups is 2. The summed E-state index contributed by atoms with van der Waals surface area (Å²) < 4.78 is 17.0. The van der Waals surface area contributed by atoms with E-state index in [1.54, 1.807) is 17.8 Å². The molecule has 0 saturated heterocycles. The third kappa shape index (κ3) is 5.57. The zero-order valence-electron chi connectivity index (χ0n) is 20.7. The molecule has 0 saturated carbocycles. The van der Waals surface area contributed by atoms with Crippen LogP contribution in [0.25, 0.3) is 0 Å². The van der Waals surface area contributed by atoms with Crippen molar-refractivity contribution < 1.29 is 23.5 Å². The molecule has 2 aromatic rings. The predicted octanol–water partition coefficient (Wildman–Crippen LogP) is 4.92. The third-order valence-corrected chi connectivity index (χ3v) is 7.17. The molecule has 1 unspecified atom stereocenters. The number of methoxy groups -OCH3 is 1. The van der Waals surface area contributed by atoms with E-state index < -0.39 is 17.9 Å². The monoisotopic (exact) mass is 473 g/mol. The molecular formula is C26H35NO5S. The van der Waals surface area contributed by atoms with Gasteiger partial charge in [-0.25, -0.2) is 4.79 Å². The van der Waals surface area contributed by atoms with Crippen LogP contribution < -0.4 is 10.1 Å². The van der Waals surface area contributed by atoms with Gasteiger partial charge in [-0.05, 0) is 106 Å². The highest BCUT2D eigenvalue weighted by atomic mass is 32.2. The number of rotatable bonds is 8. The van der Waals surface area contributed by atoms with Crippen LogP contribution >= 0.6 is 11.8 Å². The van der Waals surface area contributed by atoms with E-state index >= 15 is 0 Å². The maximum Gasteiger partial charge on any atom is 0.328 e. The molecule has 1 atom stereocenters. The van der Waals surface area contributed by atoms with Gasteiger partial charge in [0.05, 0.1) is 7.11 Å². The Bertz CT molecular complexity index is 1040. The Morgan fingerprint density at radius 2 is 1.91 bits per heavy atom. The van der Waals surface area contributed by atoms with Gasteiger partial charge >= 0.3 is 5.97 Å². The number of thioether (sulfide) groups is 1. The van der Waals surface area contributed by atoms with Crippen molar-refractivity contribution in [3.8, 4) is 5.75 Å². The Labute approximate surface area is 200 Å². The second kappa shape index (κ2) is 10.2. The van der Waals surface area contributed by atoms with E-state index in [1.165, 1.54) is 29.4 Å². The van der Waals surface area contributed by atoms with Crippen molar-refractivity contribution in [2.45, 2.75) is 71.9 Å². The highest BCUT2D eigenvalue weighted by molar-refractivity contribution is 7.98. The summed E-state index contributed by atoms with van der Waals surface area (Å²) in [4.78, 5) is 24.7. The fourth-order valence-corrected chi connectivity index (χ4v) is 4.81. The van der Waals surface area contributed by atoms with Gasteiger partial charge in [0.15, 0.2) is 5.76 Å². The minimum atomic E-state index is -0.694. The Morgan fingerprint density at radius 3 is 2.58 bits per heavy atom. The number of fused-ring (bicyclic) bond motifs is 1. The Morgan fingerprint density at radius 1 is 1.18 bits per heavy atom. The maximum absolute atomic E-state index is 12.7. The lowest BCUT2D eigenvalue weighted by Gasteiger charge is -2.35. The van der Waals surface area contributed by atoms with Crippen molar-refractivity contribution in [1.82, 2.24) is 5.32 Å². The lowest BCUT2D eigenvalue weighted by molar-refractivity contribution is -0.142. The second-order valence-corrected chi connectivity index (χ2v) is 10.3. The topological polar surface area (TPSA) is 77.8 Å². The smallest absolute Gasteiger partial charge is 0.328 e. The fourth-order valence-electron chi connectivity index (χ4n) is 4.34. The first-order valence-electron chi connectivity index (χ1n) is 11.3. The van der Waals surface area contributed by atoms with Crippen molar-refractivity contribution >= 4 is 23.6 Å². The minimum absolute atomic E-state index is 0.153. The highest BCUT2D eigenvalue weighted by Crippen LogP contribution is 2.41. The van der Waals surface area contributed by atoms with Crippen LogP contribution in [0.15, 0.2) is 16.5 Å². The summed E-state index contributed by atoms with van der Waals surface area (Å²) in [5.74, 6) is 1.79. The molecule has 180 valence electrons. The lowest BCUT2D eigenvalue weighted by Crippen LogP contribution is -2.41. The predicted molar refractivity (Wildman–Crippen MR) is 131 cm³/mol.